The molecule has 1 heterocycles. The highest BCUT2D eigenvalue weighted by atomic mass is 16.7. The van der Waals surface area contributed by atoms with E-state index in [1.54, 1.807) is 0 Å². The van der Waals surface area contributed by atoms with Crippen LogP contribution in [0, 0.1) is 5.92 Å². The molecule has 12 heavy (non-hydrogen) atoms. The molecule has 2 N–H and O–H groups in total. The molecule has 5 atom stereocenters. The zero-order chi connectivity index (χ0) is 9.30. The van der Waals surface area contributed by atoms with Gasteiger partial charge in [-0.2, -0.15) is 0 Å². The fourth-order valence-corrected chi connectivity index (χ4v) is 1.36. The number of rotatable bonds is 1. The topological polar surface area (TPSA) is 58.9 Å². The minimum absolute atomic E-state index is 0.0635. The van der Waals surface area contributed by atoms with Gasteiger partial charge >= 0.3 is 0 Å². The number of ether oxygens (including phenoxy) is 2. The molecule has 0 radical (unpaired) electrons. The minimum atomic E-state index is -0.943. The predicted molar refractivity (Wildman–Crippen MR) is 42.5 cm³/mol. The van der Waals surface area contributed by atoms with Crippen molar-refractivity contribution in [2.45, 2.75) is 38.4 Å². The molecule has 0 amide bonds. The van der Waals surface area contributed by atoms with Crippen LogP contribution in [-0.4, -0.2) is 41.9 Å². The molecule has 1 fully saturated rings. The average molecular weight is 176 g/mol. The molecule has 0 aromatic carbocycles. The molecular formula is C8H16O4. The third-order valence-corrected chi connectivity index (χ3v) is 2.49. The van der Waals surface area contributed by atoms with Crippen LogP contribution in [0.5, 0.6) is 0 Å². The van der Waals surface area contributed by atoms with Gasteiger partial charge in [0.1, 0.15) is 6.10 Å². The number of hydrogen-bond donors (Lipinski definition) is 2. The quantitative estimate of drug-likeness (QED) is 0.577. The monoisotopic (exact) mass is 176 g/mol. The van der Waals surface area contributed by atoms with E-state index in [0.29, 0.717) is 0 Å². The van der Waals surface area contributed by atoms with Crippen molar-refractivity contribution in [3.63, 3.8) is 0 Å². The Hall–Kier alpha value is -0.160. The Morgan fingerprint density at radius 2 is 1.75 bits per heavy atom. The summed E-state index contributed by atoms with van der Waals surface area (Å²) >= 11 is 0. The molecule has 1 aliphatic rings. The van der Waals surface area contributed by atoms with Gasteiger partial charge in [-0.3, -0.25) is 0 Å². The van der Waals surface area contributed by atoms with Gasteiger partial charge in [-0.25, -0.2) is 0 Å². The fourth-order valence-electron chi connectivity index (χ4n) is 1.36. The molecule has 72 valence electrons. The zero-order valence-corrected chi connectivity index (χ0v) is 7.60. The first-order chi connectivity index (χ1) is 5.57. The van der Waals surface area contributed by atoms with E-state index in [1.165, 1.54) is 7.11 Å². The third-order valence-electron chi connectivity index (χ3n) is 2.49. The van der Waals surface area contributed by atoms with Crippen molar-refractivity contribution in [1.82, 2.24) is 0 Å². The van der Waals surface area contributed by atoms with Gasteiger partial charge in [0.25, 0.3) is 0 Å². The van der Waals surface area contributed by atoms with Crippen LogP contribution in [0.25, 0.3) is 0 Å². The van der Waals surface area contributed by atoms with Crippen molar-refractivity contribution < 1.29 is 19.7 Å². The van der Waals surface area contributed by atoms with E-state index in [-0.39, 0.29) is 12.0 Å². The van der Waals surface area contributed by atoms with E-state index in [1.807, 2.05) is 13.8 Å². The van der Waals surface area contributed by atoms with Gasteiger partial charge in [-0.05, 0) is 6.92 Å². The summed E-state index contributed by atoms with van der Waals surface area (Å²) in [6.07, 6.45) is -2.50. The second-order valence-electron chi connectivity index (χ2n) is 3.29. The second kappa shape index (κ2) is 3.70. The Morgan fingerprint density at radius 1 is 1.17 bits per heavy atom. The minimum Gasteiger partial charge on any atom is -0.390 e. The molecule has 4 heteroatoms. The predicted octanol–water partition coefficient (Wildman–Crippen LogP) is -0.264. The second-order valence-corrected chi connectivity index (χ2v) is 3.29. The summed E-state index contributed by atoms with van der Waals surface area (Å²) in [5.74, 6) is -0.0635. The molecule has 4 nitrogen and oxygen atoms in total. The Balaban J connectivity index is 2.63. The van der Waals surface area contributed by atoms with Crippen molar-refractivity contribution in [3.8, 4) is 0 Å². The largest absolute Gasteiger partial charge is 0.390 e. The molecule has 0 bridgehead atoms. The molecule has 1 saturated heterocycles. The van der Waals surface area contributed by atoms with Crippen molar-refractivity contribution >= 4 is 0 Å². The average Bonchev–Trinajstić information content (AvgIpc) is 2.08. The van der Waals surface area contributed by atoms with Gasteiger partial charge < -0.3 is 19.7 Å². The van der Waals surface area contributed by atoms with Crippen molar-refractivity contribution in [2.75, 3.05) is 7.11 Å². The molecule has 2 unspecified atom stereocenters. The Labute approximate surface area is 72.1 Å². The van der Waals surface area contributed by atoms with Gasteiger partial charge in [0, 0.05) is 13.0 Å². The standard InChI is InChI=1S/C8H16O4/c1-4-5(2)12-8(11-3)7(10)6(4)9/h4-10H,1-3H3/t4-,5?,6-,7?,8+/m0/s1. The Morgan fingerprint density at radius 3 is 2.25 bits per heavy atom. The number of aliphatic hydroxyl groups excluding tert-OH is 2. The summed E-state index contributed by atoms with van der Waals surface area (Å²) in [4.78, 5) is 0. The molecule has 0 aromatic rings. The summed E-state index contributed by atoms with van der Waals surface area (Å²) in [7, 11) is 1.45. The lowest BCUT2D eigenvalue weighted by Gasteiger charge is -2.39. The number of methoxy groups -OCH3 is 1. The highest BCUT2D eigenvalue weighted by Crippen LogP contribution is 2.25. The van der Waals surface area contributed by atoms with Crippen LogP contribution in [0.4, 0.5) is 0 Å². The van der Waals surface area contributed by atoms with E-state index in [0.717, 1.165) is 0 Å². The Kier molecular flexibility index (Phi) is 3.06. The fraction of sp³-hybridized carbons (Fsp3) is 1.00. The van der Waals surface area contributed by atoms with Gasteiger partial charge in [0.15, 0.2) is 6.29 Å². The smallest absolute Gasteiger partial charge is 0.185 e. The maximum absolute atomic E-state index is 9.51. The number of hydrogen-bond acceptors (Lipinski definition) is 4. The van der Waals surface area contributed by atoms with Crippen molar-refractivity contribution in [2.24, 2.45) is 5.92 Å². The first-order valence-corrected chi connectivity index (χ1v) is 4.12. The van der Waals surface area contributed by atoms with Gasteiger partial charge in [0.2, 0.25) is 0 Å². The van der Waals surface area contributed by atoms with E-state index in [4.69, 9.17) is 9.47 Å². The van der Waals surface area contributed by atoms with E-state index in [9.17, 15) is 10.2 Å². The SMILES string of the molecule is CO[C@@H]1OC(C)[C@H](C)[C@H](O)C1O. The van der Waals surface area contributed by atoms with E-state index >= 15 is 0 Å². The lowest BCUT2D eigenvalue weighted by molar-refractivity contribution is -0.271. The highest BCUT2D eigenvalue weighted by molar-refractivity contribution is 4.84. The number of aliphatic hydroxyl groups is 2. The van der Waals surface area contributed by atoms with Crippen LogP contribution < -0.4 is 0 Å². The van der Waals surface area contributed by atoms with E-state index in [2.05, 4.69) is 0 Å². The molecule has 0 spiro atoms. The third kappa shape index (κ3) is 1.61. The summed E-state index contributed by atoms with van der Waals surface area (Å²) in [6.45, 7) is 3.69. The van der Waals surface area contributed by atoms with Crippen LogP contribution in [0.15, 0.2) is 0 Å². The molecule has 1 rings (SSSR count). The van der Waals surface area contributed by atoms with Crippen LogP contribution in [-0.2, 0) is 9.47 Å². The summed E-state index contributed by atoms with van der Waals surface area (Å²) < 4.78 is 10.2. The maximum atomic E-state index is 9.51. The Bertz CT molecular complexity index is 145. The van der Waals surface area contributed by atoms with Gasteiger partial charge in [-0.15, -0.1) is 0 Å². The van der Waals surface area contributed by atoms with Crippen LogP contribution >= 0.6 is 0 Å². The molecule has 0 saturated carbocycles. The first-order valence-electron chi connectivity index (χ1n) is 4.12. The van der Waals surface area contributed by atoms with Gasteiger partial charge in [0.05, 0.1) is 12.2 Å². The van der Waals surface area contributed by atoms with Crippen molar-refractivity contribution in [3.05, 3.63) is 0 Å². The summed E-state index contributed by atoms with van der Waals surface area (Å²) in [6, 6.07) is 0. The maximum Gasteiger partial charge on any atom is 0.185 e. The van der Waals surface area contributed by atoms with Gasteiger partial charge in [-0.1, -0.05) is 6.92 Å². The lowest BCUT2D eigenvalue weighted by atomic mass is 9.92. The summed E-state index contributed by atoms with van der Waals surface area (Å²) in [5, 5.41) is 18.9. The van der Waals surface area contributed by atoms with Crippen LogP contribution in [0.1, 0.15) is 13.8 Å². The normalized spacial score (nSPS) is 49.2. The van der Waals surface area contributed by atoms with Crippen LogP contribution in [0.3, 0.4) is 0 Å². The lowest BCUT2D eigenvalue weighted by Crippen LogP contribution is -2.53. The molecule has 1 aliphatic heterocycles. The molecular weight excluding hydrogens is 160 g/mol. The molecule has 0 aliphatic carbocycles. The molecule has 0 aromatic heterocycles. The first kappa shape index (κ1) is 9.92. The van der Waals surface area contributed by atoms with Crippen LogP contribution in [0.2, 0.25) is 0 Å². The highest BCUT2D eigenvalue weighted by Gasteiger charge is 2.40. The van der Waals surface area contributed by atoms with Crippen molar-refractivity contribution in [1.29, 1.82) is 0 Å². The van der Waals surface area contributed by atoms with E-state index < -0.39 is 18.5 Å². The zero-order valence-electron chi connectivity index (χ0n) is 7.60. The summed E-state index contributed by atoms with van der Waals surface area (Å²) in [5.41, 5.74) is 0.